The first-order chi connectivity index (χ1) is 12.4. The van der Waals surface area contributed by atoms with E-state index in [4.69, 9.17) is 9.72 Å². The van der Waals surface area contributed by atoms with Crippen molar-refractivity contribution in [2.24, 2.45) is 0 Å². The average molecular weight is 436 g/mol. The zero-order valence-electron chi connectivity index (χ0n) is 15.2. The van der Waals surface area contributed by atoms with Gasteiger partial charge in [-0.2, -0.15) is 0 Å². The van der Waals surface area contributed by atoms with E-state index < -0.39 is 0 Å². The van der Waals surface area contributed by atoms with Crippen molar-refractivity contribution in [3.8, 4) is 5.75 Å². The fourth-order valence-corrected chi connectivity index (χ4v) is 4.62. The van der Waals surface area contributed by atoms with E-state index in [1.54, 1.807) is 18.3 Å². The second-order valence-corrected chi connectivity index (χ2v) is 8.81. The van der Waals surface area contributed by atoms with E-state index >= 15 is 0 Å². The third-order valence-corrected chi connectivity index (χ3v) is 6.48. The predicted octanol–water partition coefficient (Wildman–Crippen LogP) is 4.52. The van der Waals surface area contributed by atoms with Crippen LogP contribution in [-0.4, -0.2) is 29.6 Å². The van der Waals surface area contributed by atoms with Crippen LogP contribution >= 0.6 is 27.3 Å². The van der Waals surface area contributed by atoms with E-state index in [0.717, 1.165) is 51.7 Å². The van der Waals surface area contributed by atoms with E-state index in [0.29, 0.717) is 12.6 Å². The maximum atomic E-state index is 12.0. The Bertz CT molecular complexity index is 849. The molecule has 7 heteroatoms. The highest BCUT2D eigenvalue weighted by molar-refractivity contribution is 9.10. The second-order valence-electron chi connectivity index (χ2n) is 7.12. The van der Waals surface area contributed by atoms with Gasteiger partial charge in [-0.3, -0.25) is 9.69 Å². The molecule has 4 rings (SSSR count). The maximum absolute atomic E-state index is 12.0. The number of halogens is 1. The van der Waals surface area contributed by atoms with Gasteiger partial charge in [0.2, 0.25) is 5.91 Å². The molecule has 138 valence electrons. The summed E-state index contributed by atoms with van der Waals surface area (Å²) in [7, 11) is 0. The van der Waals surface area contributed by atoms with Crippen LogP contribution < -0.4 is 14.5 Å². The highest BCUT2D eigenvalue weighted by Crippen LogP contribution is 2.39. The van der Waals surface area contributed by atoms with Gasteiger partial charge in [0, 0.05) is 22.8 Å². The van der Waals surface area contributed by atoms with Crippen molar-refractivity contribution in [1.29, 1.82) is 0 Å². The van der Waals surface area contributed by atoms with Gasteiger partial charge in [0.25, 0.3) is 0 Å². The summed E-state index contributed by atoms with van der Waals surface area (Å²) in [6.45, 7) is 7.30. The van der Waals surface area contributed by atoms with Gasteiger partial charge in [-0.15, -0.1) is 11.3 Å². The van der Waals surface area contributed by atoms with Gasteiger partial charge in [-0.05, 0) is 44.4 Å². The van der Waals surface area contributed by atoms with Crippen LogP contribution in [0.15, 0.2) is 22.0 Å². The molecule has 2 aromatic rings. The Morgan fingerprint density at radius 1 is 1.46 bits per heavy atom. The van der Waals surface area contributed by atoms with Crippen molar-refractivity contribution in [3.05, 3.63) is 33.2 Å². The van der Waals surface area contributed by atoms with Crippen LogP contribution in [0.25, 0.3) is 0 Å². The van der Waals surface area contributed by atoms with Gasteiger partial charge in [-0.1, -0.05) is 15.9 Å². The molecule has 26 heavy (non-hydrogen) atoms. The lowest BCUT2D eigenvalue weighted by Crippen LogP contribution is -2.38. The van der Waals surface area contributed by atoms with Crippen molar-refractivity contribution < 1.29 is 9.53 Å². The van der Waals surface area contributed by atoms with Crippen LogP contribution in [0.4, 0.5) is 10.8 Å². The number of aryl methyl sites for hydroxylation is 1. The summed E-state index contributed by atoms with van der Waals surface area (Å²) in [4.78, 5) is 20.9. The Kier molecular flexibility index (Phi) is 4.69. The van der Waals surface area contributed by atoms with Crippen molar-refractivity contribution in [2.75, 3.05) is 16.3 Å². The van der Waals surface area contributed by atoms with Gasteiger partial charge < -0.3 is 9.64 Å². The topological polar surface area (TPSA) is 45.7 Å². The quantitative estimate of drug-likeness (QED) is 0.707. The molecule has 1 fully saturated rings. The first-order valence-electron chi connectivity index (χ1n) is 8.88. The molecule has 1 aliphatic heterocycles. The van der Waals surface area contributed by atoms with E-state index in [1.165, 1.54) is 0 Å². The smallest absolute Gasteiger partial charge is 0.225 e. The minimum Gasteiger partial charge on any atom is -0.487 e. The molecular formula is C19H22BrN3O2S. The van der Waals surface area contributed by atoms with Gasteiger partial charge in [0.15, 0.2) is 5.13 Å². The van der Waals surface area contributed by atoms with Crippen molar-refractivity contribution in [1.82, 2.24) is 4.98 Å². The van der Waals surface area contributed by atoms with Crippen LogP contribution in [0.5, 0.6) is 5.75 Å². The van der Waals surface area contributed by atoms with Gasteiger partial charge in [-0.25, -0.2) is 4.98 Å². The molecular weight excluding hydrogens is 414 g/mol. The van der Waals surface area contributed by atoms with Crippen molar-refractivity contribution in [3.63, 3.8) is 0 Å². The monoisotopic (exact) mass is 435 g/mol. The lowest BCUT2D eigenvalue weighted by molar-refractivity contribution is -0.116. The Morgan fingerprint density at radius 2 is 2.23 bits per heavy atom. The predicted molar refractivity (Wildman–Crippen MR) is 108 cm³/mol. The molecule has 1 aromatic heterocycles. The number of carbonyl (C=O) groups is 1. The maximum Gasteiger partial charge on any atom is 0.225 e. The van der Waals surface area contributed by atoms with E-state index in [-0.39, 0.29) is 12.0 Å². The number of hydrogen-bond donors (Lipinski definition) is 0. The summed E-state index contributed by atoms with van der Waals surface area (Å²) < 4.78 is 7.10. The van der Waals surface area contributed by atoms with Crippen LogP contribution in [0.3, 0.4) is 0 Å². The van der Waals surface area contributed by atoms with Crippen LogP contribution in [0.1, 0.15) is 37.9 Å². The van der Waals surface area contributed by atoms with Crippen molar-refractivity contribution >= 4 is 44.0 Å². The molecule has 0 saturated heterocycles. The standard InChI is InChI=1S/C19H22BrN3O2S/c1-11-6-18-17(7-16(11)20)22(8-12(2)25-18)9-14-10-26-19(21-14)23(13(3)24)15-4-5-15/h6-7,10,12,15H,4-5,8-9H2,1-3H3. The lowest BCUT2D eigenvalue weighted by atomic mass is 10.1. The molecule has 1 aliphatic carbocycles. The zero-order chi connectivity index (χ0) is 18.4. The molecule has 1 saturated carbocycles. The number of nitrogens with zero attached hydrogens (tertiary/aromatic N) is 3. The Labute approximate surface area is 166 Å². The number of rotatable bonds is 4. The van der Waals surface area contributed by atoms with Gasteiger partial charge in [0.05, 0.1) is 24.5 Å². The van der Waals surface area contributed by atoms with Crippen LogP contribution in [0, 0.1) is 6.92 Å². The van der Waals surface area contributed by atoms with Crippen LogP contribution in [-0.2, 0) is 11.3 Å². The molecule has 1 unspecified atom stereocenters. The van der Waals surface area contributed by atoms with Crippen molar-refractivity contribution in [2.45, 2.75) is 52.3 Å². The third-order valence-electron chi connectivity index (χ3n) is 4.74. The highest BCUT2D eigenvalue weighted by Gasteiger charge is 2.34. The zero-order valence-corrected chi connectivity index (χ0v) is 17.6. The molecule has 2 aliphatic rings. The number of carbonyl (C=O) groups excluding carboxylic acids is 1. The molecule has 1 amide bonds. The minimum absolute atomic E-state index is 0.0816. The number of thiazole rings is 1. The summed E-state index contributed by atoms with van der Waals surface area (Å²) in [5, 5.41) is 2.89. The first-order valence-corrected chi connectivity index (χ1v) is 10.6. The molecule has 0 bridgehead atoms. The largest absolute Gasteiger partial charge is 0.487 e. The Balaban J connectivity index is 1.58. The molecule has 1 aromatic carbocycles. The minimum atomic E-state index is 0.0816. The molecule has 5 nitrogen and oxygen atoms in total. The number of anilines is 2. The average Bonchev–Trinajstić information content (AvgIpc) is 3.28. The number of benzene rings is 1. The number of amides is 1. The Hall–Kier alpha value is -1.60. The number of ether oxygens (including phenoxy) is 1. The highest BCUT2D eigenvalue weighted by atomic mass is 79.9. The van der Waals surface area contributed by atoms with E-state index in [1.807, 2.05) is 4.90 Å². The number of fused-ring (bicyclic) bond motifs is 1. The summed E-state index contributed by atoms with van der Waals surface area (Å²) in [5.74, 6) is 1.00. The summed E-state index contributed by atoms with van der Waals surface area (Å²) in [6.07, 6.45) is 2.29. The summed E-state index contributed by atoms with van der Waals surface area (Å²) in [5.41, 5.74) is 3.24. The summed E-state index contributed by atoms with van der Waals surface area (Å²) >= 11 is 5.18. The molecule has 0 radical (unpaired) electrons. The molecule has 0 spiro atoms. The fraction of sp³-hybridized carbons (Fsp3) is 0.474. The third kappa shape index (κ3) is 3.47. The Morgan fingerprint density at radius 3 is 2.92 bits per heavy atom. The van der Waals surface area contributed by atoms with E-state index in [2.05, 4.69) is 52.2 Å². The normalized spacial score (nSPS) is 19.1. The van der Waals surface area contributed by atoms with Gasteiger partial charge >= 0.3 is 0 Å². The molecule has 0 N–H and O–H groups in total. The molecule has 1 atom stereocenters. The lowest BCUT2D eigenvalue weighted by Gasteiger charge is -2.35. The molecule has 2 heterocycles. The summed E-state index contributed by atoms with van der Waals surface area (Å²) in [6, 6.07) is 4.55. The number of aromatic nitrogens is 1. The van der Waals surface area contributed by atoms with Crippen LogP contribution in [0.2, 0.25) is 0 Å². The van der Waals surface area contributed by atoms with Gasteiger partial charge in [0.1, 0.15) is 11.9 Å². The van der Waals surface area contributed by atoms with E-state index in [9.17, 15) is 4.79 Å². The first kappa shape index (κ1) is 17.8. The fourth-order valence-electron chi connectivity index (χ4n) is 3.35. The SMILES string of the molecule is CC(=O)N(c1nc(CN2CC(C)Oc3cc(C)c(Br)cc32)cs1)C1CC1. The number of hydrogen-bond acceptors (Lipinski definition) is 5. The second kappa shape index (κ2) is 6.85.